The van der Waals surface area contributed by atoms with Gasteiger partial charge in [-0.2, -0.15) is 0 Å². The van der Waals surface area contributed by atoms with E-state index in [1.54, 1.807) is 12.3 Å². The summed E-state index contributed by atoms with van der Waals surface area (Å²) in [6, 6.07) is 12.8. The van der Waals surface area contributed by atoms with Crippen molar-refractivity contribution in [2.45, 2.75) is 31.3 Å². The zero-order valence-electron chi connectivity index (χ0n) is 11.7. The van der Waals surface area contributed by atoms with Gasteiger partial charge in [0.25, 0.3) is 5.91 Å². The van der Waals surface area contributed by atoms with Gasteiger partial charge in [0.05, 0.1) is 17.9 Å². The maximum absolute atomic E-state index is 12.6. The molecular weight excluding hydrogens is 262 g/mol. The molecule has 1 saturated heterocycles. The van der Waals surface area contributed by atoms with Crippen LogP contribution in [-0.4, -0.2) is 22.9 Å². The first-order chi connectivity index (χ1) is 10.3. The van der Waals surface area contributed by atoms with Crippen LogP contribution in [0.3, 0.4) is 0 Å². The Morgan fingerprint density at radius 1 is 1.14 bits per heavy atom. The first-order valence-electron chi connectivity index (χ1n) is 7.44. The van der Waals surface area contributed by atoms with E-state index in [-0.39, 0.29) is 11.9 Å². The molecule has 3 heteroatoms. The molecule has 1 fully saturated rings. The first-order valence-corrected chi connectivity index (χ1v) is 7.44. The lowest BCUT2D eigenvalue weighted by atomic mass is 9.94. The van der Waals surface area contributed by atoms with Gasteiger partial charge >= 0.3 is 0 Å². The molecule has 106 valence electrons. The van der Waals surface area contributed by atoms with Crippen LogP contribution in [0.25, 0.3) is 5.57 Å². The molecule has 0 saturated carbocycles. The molecule has 3 nitrogen and oxygen atoms in total. The third kappa shape index (κ3) is 2.09. The number of hydrogen-bond acceptors (Lipinski definition) is 2. The van der Waals surface area contributed by atoms with Crippen molar-refractivity contribution in [3.63, 3.8) is 0 Å². The Balaban J connectivity index is 1.64. The Bertz CT molecular complexity index is 673. The minimum Gasteiger partial charge on any atom is -0.472 e. The Hall–Kier alpha value is -2.29. The van der Waals surface area contributed by atoms with E-state index in [0.717, 1.165) is 19.3 Å². The van der Waals surface area contributed by atoms with Crippen molar-refractivity contribution in [3.8, 4) is 0 Å². The van der Waals surface area contributed by atoms with Gasteiger partial charge in [0.1, 0.15) is 6.26 Å². The van der Waals surface area contributed by atoms with Gasteiger partial charge in [-0.1, -0.05) is 36.4 Å². The van der Waals surface area contributed by atoms with Gasteiger partial charge in [0.2, 0.25) is 0 Å². The van der Waals surface area contributed by atoms with Crippen LogP contribution < -0.4 is 0 Å². The molecule has 3 heterocycles. The van der Waals surface area contributed by atoms with E-state index < -0.39 is 0 Å². The van der Waals surface area contributed by atoms with Crippen molar-refractivity contribution in [1.82, 2.24) is 4.90 Å². The molecule has 1 aromatic heterocycles. The molecule has 2 unspecified atom stereocenters. The molecule has 0 N–H and O–H groups in total. The predicted molar refractivity (Wildman–Crippen MR) is 80.7 cm³/mol. The van der Waals surface area contributed by atoms with Gasteiger partial charge in [0.15, 0.2) is 0 Å². The molecule has 2 aliphatic heterocycles. The number of furan rings is 1. The number of benzene rings is 1. The third-order valence-corrected chi connectivity index (χ3v) is 4.54. The minimum absolute atomic E-state index is 0.0969. The lowest BCUT2D eigenvalue weighted by molar-refractivity contribution is 0.0691. The maximum Gasteiger partial charge on any atom is 0.257 e. The molecular formula is C18H17NO2. The van der Waals surface area contributed by atoms with Crippen LogP contribution in [-0.2, 0) is 0 Å². The highest BCUT2D eigenvalue weighted by Crippen LogP contribution is 2.39. The van der Waals surface area contributed by atoms with Gasteiger partial charge < -0.3 is 9.32 Å². The largest absolute Gasteiger partial charge is 0.472 e. The smallest absolute Gasteiger partial charge is 0.257 e. The fraction of sp³-hybridized carbons (Fsp3) is 0.278. The first kappa shape index (κ1) is 12.5. The summed E-state index contributed by atoms with van der Waals surface area (Å²) < 4.78 is 5.04. The topological polar surface area (TPSA) is 33.5 Å². The number of carbonyl (C=O) groups is 1. The van der Waals surface area contributed by atoms with Crippen LogP contribution in [0, 0.1) is 0 Å². The Kier molecular flexibility index (Phi) is 2.92. The van der Waals surface area contributed by atoms with Crippen molar-refractivity contribution in [2.75, 3.05) is 0 Å². The molecule has 2 bridgehead atoms. The van der Waals surface area contributed by atoms with Crippen LogP contribution in [0.5, 0.6) is 0 Å². The van der Waals surface area contributed by atoms with Gasteiger partial charge in [-0.25, -0.2) is 0 Å². The Labute approximate surface area is 123 Å². The average Bonchev–Trinajstić information content (AvgIpc) is 3.14. The van der Waals surface area contributed by atoms with Crippen molar-refractivity contribution in [1.29, 1.82) is 0 Å². The molecule has 21 heavy (non-hydrogen) atoms. The number of hydrogen-bond donors (Lipinski definition) is 0. The molecule has 0 spiro atoms. The second-order valence-corrected chi connectivity index (χ2v) is 5.79. The highest BCUT2D eigenvalue weighted by atomic mass is 16.3. The summed E-state index contributed by atoms with van der Waals surface area (Å²) in [6.07, 6.45) is 8.47. The standard InChI is InChI=1S/C18H17NO2/c20-18(14-8-9-21-12-14)19-16-6-7-17(19)11-15(10-16)13-4-2-1-3-5-13/h1-5,8-10,12,16-17H,6-7,11H2. The number of nitrogens with zero attached hydrogens (tertiary/aromatic N) is 1. The van der Waals surface area contributed by atoms with Crippen LogP contribution in [0.15, 0.2) is 59.4 Å². The van der Waals surface area contributed by atoms with E-state index in [9.17, 15) is 4.79 Å². The Morgan fingerprint density at radius 2 is 2.00 bits per heavy atom. The van der Waals surface area contributed by atoms with Crippen LogP contribution in [0.4, 0.5) is 0 Å². The van der Waals surface area contributed by atoms with Crippen LogP contribution in [0.1, 0.15) is 35.2 Å². The molecule has 2 atom stereocenters. The molecule has 0 aliphatic carbocycles. The van der Waals surface area contributed by atoms with Gasteiger partial charge in [0, 0.05) is 6.04 Å². The number of carbonyl (C=O) groups excluding carboxylic acids is 1. The lowest BCUT2D eigenvalue weighted by Gasteiger charge is -2.34. The molecule has 2 aliphatic rings. The van der Waals surface area contributed by atoms with E-state index in [1.165, 1.54) is 17.4 Å². The summed E-state index contributed by atoms with van der Waals surface area (Å²) in [5, 5.41) is 0. The normalized spacial score (nSPS) is 24.0. The second-order valence-electron chi connectivity index (χ2n) is 5.79. The third-order valence-electron chi connectivity index (χ3n) is 4.54. The highest BCUT2D eigenvalue weighted by Gasteiger charge is 2.40. The zero-order valence-corrected chi connectivity index (χ0v) is 11.7. The van der Waals surface area contributed by atoms with Crippen molar-refractivity contribution in [3.05, 3.63) is 66.1 Å². The van der Waals surface area contributed by atoms with E-state index in [2.05, 4.69) is 30.3 Å². The number of fused-ring (bicyclic) bond motifs is 2. The van der Waals surface area contributed by atoms with Crippen molar-refractivity contribution < 1.29 is 9.21 Å². The quantitative estimate of drug-likeness (QED) is 0.839. The molecule has 0 radical (unpaired) electrons. The van der Waals surface area contributed by atoms with E-state index in [0.29, 0.717) is 11.6 Å². The van der Waals surface area contributed by atoms with Crippen molar-refractivity contribution in [2.24, 2.45) is 0 Å². The number of rotatable bonds is 2. The molecule has 1 aromatic carbocycles. The van der Waals surface area contributed by atoms with Gasteiger partial charge in [-0.05, 0) is 36.5 Å². The van der Waals surface area contributed by atoms with E-state index in [4.69, 9.17) is 4.42 Å². The Morgan fingerprint density at radius 3 is 2.71 bits per heavy atom. The molecule has 2 aromatic rings. The highest BCUT2D eigenvalue weighted by molar-refractivity contribution is 5.95. The second kappa shape index (κ2) is 4.92. The SMILES string of the molecule is O=C(c1ccoc1)N1C2C=C(c3ccccc3)CC1CC2. The van der Waals surface area contributed by atoms with E-state index in [1.807, 2.05) is 11.0 Å². The summed E-state index contributed by atoms with van der Waals surface area (Å²) in [7, 11) is 0. The number of amides is 1. The fourth-order valence-electron chi connectivity index (χ4n) is 3.55. The maximum atomic E-state index is 12.6. The van der Waals surface area contributed by atoms with Gasteiger partial charge in [-0.15, -0.1) is 0 Å². The monoisotopic (exact) mass is 279 g/mol. The predicted octanol–water partition coefficient (Wildman–Crippen LogP) is 3.74. The summed E-state index contributed by atoms with van der Waals surface area (Å²) >= 11 is 0. The average molecular weight is 279 g/mol. The van der Waals surface area contributed by atoms with Crippen LogP contribution >= 0.6 is 0 Å². The van der Waals surface area contributed by atoms with Crippen molar-refractivity contribution >= 4 is 11.5 Å². The minimum atomic E-state index is 0.0969. The van der Waals surface area contributed by atoms with Gasteiger partial charge in [-0.3, -0.25) is 4.79 Å². The lowest BCUT2D eigenvalue weighted by Crippen LogP contribution is -2.42. The molecule has 1 amide bonds. The zero-order chi connectivity index (χ0) is 14.2. The fourth-order valence-corrected chi connectivity index (χ4v) is 3.55. The summed E-state index contributed by atoms with van der Waals surface area (Å²) in [5.74, 6) is 0.0969. The summed E-state index contributed by atoms with van der Waals surface area (Å²) in [6.45, 7) is 0. The molecule has 4 rings (SSSR count). The van der Waals surface area contributed by atoms with E-state index >= 15 is 0 Å². The summed E-state index contributed by atoms with van der Waals surface area (Å²) in [5.41, 5.74) is 3.31. The van der Waals surface area contributed by atoms with Crippen LogP contribution in [0.2, 0.25) is 0 Å². The summed E-state index contributed by atoms with van der Waals surface area (Å²) in [4.78, 5) is 14.6.